The highest BCUT2D eigenvalue weighted by Crippen LogP contribution is 2.13. The van der Waals surface area contributed by atoms with E-state index in [2.05, 4.69) is 16.4 Å². The maximum atomic E-state index is 10.7. The van der Waals surface area contributed by atoms with Crippen molar-refractivity contribution >= 4 is 23.0 Å². The third-order valence-corrected chi connectivity index (χ3v) is 3.32. The van der Waals surface area contributed by atoms with E-state index in [1.54, 1.807) is 5.38 Å². The summed E-state index contributed by atoms with van der Waals surface area (Å²) in [4.78, 5) is 14.7. The Balaban J connectivity index is 1.94. The Labute approximate surface area is 114 Å². The monoisotopic (exact) mass is 273 g/mol. The summed E-state index contributed by atoms with van der Waals surface area (Å²) in [6.45, 7) is 0.474. The number of hydrogen-bond acceptors (Lipinski definition) is 5. The molecule has 96 valence electrons. The summed E-state index contributed by atoms with van der Waals surface area (Å²) >= 11 is 1.12. The number of aromatic carboxylic acids is 1. The van der Waals surface area contributed by atoms with E-state index in [4.69, 9.17) is 10.4 Å². The van der Waals surface area contributed by atoms with E-state index in [1.165, 1.54) is 0 Å². The van der Waals surface area contributed by atoms with E-state index < -0.39 is 5.97 Å². The number of benzene rings is 1. The van der Waals surface area contributed by atoms with Crippen molar-refractivity contribution in [1.82, 2.24) is 4.98 Å². The number of carboxylic acids is 1. The fraction of sp³-hybridized carbons (Fsp3) is 0.154. The number of anilines is 1. The van der Waals surface area contributed by atoms with Crippen LogP contribution < -0.4 is 5.32 Å². The second-order valence-corrected chi connectivity index (χ2v) is 4.69. The van der Waals surface area contributed by atoms with Crippen molar-refractivity contribution in [3.63, 3.8) is 0 Å². The first-order valence-electron chi connectivity index (χ1n) is 5.56. The largest absolute Gasteiger partial charge is 0.476 e. The van der Waals surface area contributed by atoms with Crippen molar-refractivity contribution in [2.24, 2.45) is 0 Å². The lowest BCUT2D eigenvalue weighted by Gasteiger charge is -2.04. The number of carboxylic acid groups (broad SMARTS) is 1. The predicted molar refractivity (Wildman–Crippen MR) is 72.2 cm³/mol. The zero-order valence-electron chi connectivity index (χ0n) is 9.96. The number of thiazole rings is 1. The molecule has 0 saturated carbocycles. The maximum Gasteiger partial charge on any atom is 0.365 e. The van der Waals surface area contributed by atoms with Crippen LogP contribution >= 0.6 is 11.3 Å². The van der Waals surface area contributed by atoms with Crippen LogP contribution in [0.3, 0.4) is 0 Å². The van der Waals surface area contributed by atoms with Gasteiger partial charge in [-0.25, -0.2) is 9.78 Å². The SMILES string of the molecule is N#CCc1ccc(NCc2csc(C(=O)O)n2)cc1. The zero-order valence-corrected chi connectivity index (χ0v) is 10.8. The highest BCUT2D eigenvalue weighted by atomic mass is 32.1. The van der Waals surface area contributed by atoms with Crippen molar-refractivity contribution in [2.45, 2.75) is 13.0 Å². The molecule has 2 rings (SSSR count). The van der Waals surface area contributed by atoms with Crippen LogP contribution in [0.1, 0.15) is 21.1 Å². The molecule has 1 aromatic carbocycles. The summed E-state index contributed by atoms with van der Waals surface area (Å²) in [5.41, 5.74) is 2.57. The molecule has 0 aliphatic carbocycles. The highest BCUT2D eigenvalue weighted by molar-refractivity contribution is 7.11. The molecule has 0 fully saturated rings. The molecule has 0 bridgehead atoms. The van der Waals surface area contributed by atoms with Gasteiger partial charge in [-0.2, -0.15) is 5.26 Å². The van der Waals surface area contributed by atoms with Crippen molar-refractivity contribution < 1.29 is 9.90 Å². The summed E-state index contributed by atoms with van der Waals surface area (Å²) in [5, 5.41) is 22.3. The molecule has 0 amide bonds. The standard InChI is InChI=1S/C13H11N3O2S/c14-6-5-9-1-3-10(4-2-9)15-7-11-8-19-12(16-11)13(17)18/h1-4,8,15H,5,7H2,(H,17,18). The lowest BCUT2D eigenvalue weighted by atomic mass is 10.1. The molecule has 0 atom stereocenters. The molecule has 0 aliphatic rings. The van der Waals surface area contributed by atoms with Crippen LogP contribution in [-0.4, -0.2) is 16.1 Å². The maximum absolute atomic E-state index is 10.7. The van der Waals surface area contributed by atoms with Crippen molar-refractivity contribution in [2.75, 3.05) is 5.32 Å². The first kappa shape index (κ1) is 13.1. The van der Waals surface area contributed by atoms with Crippen LogP contribution in [0.4, 0.5) is 5.69 Å². The van der Waals surface area contributed by atoms with Gasteiger partial charge in [-0.3, -0.25) is 0 Å². The molecule has 1 aromatic heterocycles. The molecule has 19 heavy (non-hydrogen) atoms. The quantitative estimate of drug-likeness (QED) is 0.874. The van der Waals surface area contributed by atoms with Crippen LogP contribution in [0.25, 0.3) is 0 Å². The summed E-state index contributed by atoms with van der Waals surface area (Å²) in [6.07, 6.45) is 0.397. The van der Waals surface area contributed by atoms with Gasteiger partial charge in [0.1, 0.15) is 0 Å². The summed E-state index contributed by atoms with van der Waals surface area (Å²) in [6, 6.07) is 9.63. The summed E-state index contributed by atoms with van der Waals surface area (Å²) in [5.74, 6) is -1.00. The topological polar surface area (TPSA) is 86.0 Å². The Hall–Kier alpha value is -2.39. The lowest BCUT2D eigenvalue weighted by molar-refractivity contribution is 0.0696. The normalized spacial score (nSPS) is 9.84. The van der Waals surface area contributed by atoms with Crippen LogP contribution in [-0.2, 0) is 13.0 Å². The number of nitrogens with zero attached hydrogens (tertiary/aromatic N) is 2. The van der Waals surface area contributed by atoms with Crippen LogP contribution in [0.15, 0.2) is 29.6 Å². The molecule has 2 aromatic rings. The van der Waals surface area contributed by atoms with Crippen molar-refractivity contribution in [3.05, 3.63) is 45.9 Å². The van der Waals surface area contributed by atoms with Crippen molar-refractivity contribution in [3.8, 4) is 6.07 Å². The number of nitrogens with one attached hydrogen (secondary N) is 1. The fourth-order valence-electron chi connectivity index (χ4n) is 1.51. The minimum absolute atomic E-state index is 0.0983. The highest BCUT2D eigenvalue weighted by Gasteiger charge is 2.08. The van der Waals surface area contributed by atoms with Gasteiger partial charge >= 0.3 is 5.97 Å². The van der Waals surface area contributed by atoms with Gasteiger partial charge in [0.25, 0.3) is 0 Å². The third-order valence-electron chi connectivity index (χ3n) is 2.45. The number of rotatable bonds is 5. The Bertz CT molecular complexity index is 614. The molecule has 0 unspecified atom stereocenters. The molecule has 2 N–H and O–H groups in total. The lowest BCUT2D eigenvalue weighted by Crippen LogP contribution is -2.01. The van der Waals surface area contributed by atoms with Gasteiger partial charge < -0.3 is 10.4 Å². The van der Waals surface area contributed by atoms with Gasteiger partial charge in [-0.05, 0) is 17.7 Å². The second-order valence-electron chi connectivity index (χ2n) is 3.83. The number of nitriles is 1. The van der Waals surface area contributed by atoms with E-state index >= 15 is 0 Å². The van der Waals surface area contributed by atoms with E-state index in [9.17, 15) is 4.79 Å². The van der Waals surface area contributed by atoms with E-state index in [-0.39, 0.29) is 5.01 Å². The number of hydrogen-bond donors (Lipinski definition) is 2. The average Bonchev–Trinajstić information content (AvgIpc) is 2.87. The van der Waals surface area contributed by atoms with Gasteiger partial charge in [0.2, 0.25) is 5.01 Å². The summed E-state index contributed by atoms with van der Waals surface area (Å²) < 4.78 is 0. The van der Waals surface area contributed by atoms with Gasteiger partial charge in [-0.1, -0.05) is 12.1 Å². The first-order chi connectivity index (χ1) is 9.19. The molecular weight excluding hydrogens is 262 g/mol. The van der Waals surface area contributed by atoms with Crippen LogP contribution in [0.5, 0.6) is 0 Å². The van der Waals surface area contributed by atoms with Gasteiger partial charge in [0, 0.05) is 11.1 Å². The fourth-order valence-corrected chi connectivity index (χ4v) is 2.17. The molecule has 1 heterocycles. The number of aromatic nitrogens is 1. The van der Waals surface area contributed by atoms with Gasteiger partial charge in [-0.15, -0.1) is 11.3 Å². The average molecular weight is 273 g/mol. The Morgan fingerprint density at radius 3 is 2.74 bits per heavy atom. The Morgan fingerprint density at radius 1 is 1.42 bits per heavy atom. The predicted octanol–water partition coefficient (Wildman–Crippen LogP) is 2.52. The van der Waals surface area contributed by atoms with E-state index in [0.717, 1.165) is 22.6 Å². The van der Waals surface area contributed by atoms with Gasteiger partial charge in [0.15, 0.2) is 0 Å². The van der Waals surface area contributed by atoms with E-state index in [0.29, 0.717) is 18.7 Å². The zero-order chi connectivity index (χ0) is 13.7. The first-order valence-corrected chi connectivity index (χ1v) is 6.44. The molecule has 0 aliphatic heterocycles. The minimum atomic E-state index is -1.00. The van der Waals surface area contributed by atoms with Crippen LogP contribution in [0, 0.1) is 11.3 Å². The van der Waals surface area contributed by atoms with Gasteiger partial charge in [0.05, 0.1) is 24.7 Å². The Kier molecular flexibility index (Phi) is 4.11. The molecule has 5 nitrogen and oxygen atoms in total. The molecule has 0 spiro atoms. The smallest absolute Gasteiger partial charge is 0.365 e. The summed E-state index contributed by atoms with van der Waals surface area (Å²) in [7, 11) is 0. The van der Waals surface area contributed by atoms with E-state index in [1.807, 2.05) is 24.3 Å². The van der Waals surface area contributed by atoms with Crippen molar-refractivity contribution in [1.29, 1.82) is 5.26 Å². The molecule has 0 saturated heterocycles. The number of carbonyl (C=O) groups is 1. The Morgan fingerprint density at radius 2 is 2.16 bits per heavy atom. The molecule has 0 radical (unpaired) electrons. The second kappa shape index (κ2) is 5.98. The molecular formula is C13H11N3O2S. The van der Waals surface area contributed by atoms with Crippen LogP contribution in [0.2, 0.25) is 0 Å². The molecule has 6 heteroatoms. The third kappa shape index (κ3) is 3.53. The minimum Gasteiger partial charge on any atom is -0.476 e.